The molecule has 0 amide bonds. The van der Waals surface area contributed by atoms with E-state index in [-0.39, 0.29) is 18.2 Å². The van der Waals surface area contributed by atoms with Crippen molar-refractivity contribution in [2.45, 2.75) is 70.8 Å². The lowest BCUT2D eigenvalue weighted by atomic mass is 9.99. The highest BCUT2D eigenvalue weighted by Crippen LogP contribution is 2.40. The number of hydrogen-bond donors (Lipinski definition) is 7. The van der Waals surface area contributed by atoms with E-state index in [0.717, 1.165) is 151 Å². The van der Waals surface area contributed by atoms with Crippen molar-refractivity contribution in [3.8, 4) is 44.6 Å². The molecule has 0 saturated carbocycles. The van der Waals surface area contributed by atoms with Crippen molar-refractivity contribution < 1.29 is 9.47 Å². The molecular weight excluding hydrogens is 893 g/mol. The lowest BCUT2D eigenvalue weighted by Gasteiger charge is -2.30. The van der Waals surface area contributed by atoms with Gasteiger partial charge in [0.2, 0.25) is 0 Å². The first-order valence-corrected chi connectivity index (χ1v) is 25.6. The standard InChI is InChI=1S/C55H64N12O2S/c1-34-49(64-53(66-51(34)61-41-16-24-68-25-17-41)39-12-7-9-36(27-39)32-58-22-20-56-3)43-15-19-60-55-44(43)31-45(63-55)46-30-42(18-26-69-46)62-52-35(2)50(48-29-38-11-5-6-14-47(38)70-48)65-54(67-52)40-13-8-10-37(28-40)33-59-23-21-57-4/h5-15,19,27-29,31,41-42,46,56-59H,16-18,20-26,30,32-33H2,1-4H3,(H,60,63)(H,61,64,66)(H,62,65,67). The fourth-order valence-electron chi connectivity index (χ4n) is 9.51. The van der Waals surface area contributed by atoms with Gasteiger partial charge < -0.3 is 46.4 Å². The van der Waals surface area contributed by atoms with E-state index in [1.807, 2.05) is 20.3 Å². The Hall–Kier alpha value is -6.17. The van der Waals surface area contributed by atoms with Crippen LogP contribution in [-0.4, -0.2) is 102 Å². The third kappa shape index (κ3) is 10.9. The third-order valence-electron chi connectivity index (χ3n) is 13.4. The summed E-state index contributed by atoms with van der Waals surface area (Å²) in [4.78, 5) is 30.8. The van der Waals surface area contributed by atoms with E-state index >= 15 is 0 Å². The molecule has 15 heteroatoms. The zero-order valence-electron chi connectivity index (χ0n) is 40.6. The summed E-state index contributed by atoms with van der Waals surface area (Å²) in [6, 6.07) is 32.5. The summed E-state index contributed by atoms with van der Waals surface area (Å²) in [5.74, 6) is 3.08. The molecule has 3 aromatic carbocycles. The molecule has 2 aliphatic heterocycles. The zero-order chi connectivity index (χ0) is 47.8. The first-order valence-electron chi connectivity index (χ1n) is 24.8. The summed E-state index contributed by atoms with van der Waals surface area (Å²) >= 11 is 1.77. The number of thiophene rings is 1. The molecule has 2 saturated heterocycles. The van der Waals surface area contributed by atoms with Gasteiger partial charge in [0.25, 0.3) is 0 Å². The van der Waals surface area contributed by atoms with Crippen molar-refractivity contribution in [2.75, 3.05) is 70.7 Å². The summed E-state index contributed by atoms with van der Waals surface area (Å²) in [6.45, 7) is 11.4. The van der Waals surface area contributed by atoms with Crippen molar-refractivity contribution in [1.29, 1.82) is 0 Å². The van der Waals surface area contributed by atoms with Gasteiger partial charge >= 0.3 is 0 Å². The molecule has 2 unspecified atom stereocenters. The van der Waals surface area contributed by atoms with Crippen LogP contribution < -0.4 is 31.9 Å². The number of fused-ring (bicyclic) bond motifs is 2. The molecule has 2 aliphatic rings. The first-order chi connectivity index (χ1) is 34.4. The first kappa shape index (κ1) is 47.5. The van der Waals surface area contributed by atoms with Gasteiger partial charge in [0.1, 0.15) is 17.3 Å². The number of aromatic nitrogens is 6. The van der Waals surface area contributed by atoms with Gasteiger partial charge in [0.05, 0.1) is 22.4 Å². The van der Waals surface area contributed by atoms with Gasteiger partial charge in [-0.3, -0.25) is 0 Å². The Morgan fingerprint density at radius 3 is 1.99 bits per heavy atom. The van der Waals surface area contributed by atoms with Crippen LogP contribution >= 0.6 is 11.3 Å². The maximum Gasteiger partial charge on any atom is 0.162 e. The molecule has 0 bridgehead atoms. The molecule has 14 nitrogen and oxygen atoms in total. The molecule has 0 radical (unpaired) electrons. The summed E-state index contributed by atoms with van der Waals surface area (Å²) in [7, 11) is 3.94. The third-order valence-corrected chi connectivity index (χ3v) is 14.5. The van der Waals surface area contributed by atoms with Crippen LogP contribution in [0.5, 0.6) is 0 Å². The van der Waals surface area contributed by atoms with Gasteiger partial charge in [-0.2, -0.15) is 0 Å². The largest absolute Gasteiger partial charge is 0.381 e. The number of benzene rings is 3. The van der Waals surface area contributed by atoms with Crippen LogP contribution in [0.3, 0.4) is 0 Å². The number of nitrogens with one attached hydrogen (secondary N) is 7. The van der Waals surface area contributed by atoms with Gasteiger partial charge in [-0.25, -0.2) is 24.9 Å². The minimum Gasteiger partial charge on any atom is -0.381 e. The second kappa shape index (κ2) is 22.3. The second-order valence-electron chi connectivity index (χ2n) is 18.5. The molecule has 70 heavy (non-hydrogen) atoms. The quantitative estimate of drug-likeness (QED) is 0.0383. The van der Waals surface area contributed by atoms with Crippen molar-refractivity contribution in [3.05, 3.63) is 125 Å². The fraction of sp³-hybridized carbons (Fsp3) is 0.364. The van der Waals surface area contributed by atoms with Gasteiger partial charge in [-0.1, -0.05) is 54.6 Å². The Bertz CT molecular complexity index is 3020. The molecule has 5 aromatic heterocycles. The Morgan fingerprint density at radius 1 is 0.657 bits per heavy atom. The van der Waals surface area contributed by atoms with Crippen LogP contribution in [-0.2, 0) is 22.6 Å². The zero-order valence-corrected chi connectivity index (χ0v) is 41.4. The second-order valence-corrected chi connectivity index (χ2v) is 19.5. The Morgan fingerprint density at radius 2 is 1.30 bits per heavy atom. The molecule has 0 aliphatic carbocycles. The minimum absolute atomic E-state index is 0.0942. The molecule has 8 aromatic rings. The summed E-state index contributed by atoms with van der Waals surface area (Å²) in [5, 5.41) is 23.4. The van der Waals surface area contributed by atoms with Gasteiger partial charge in [0.15, 0.2) is 11.6 Å². The Balaban J connectivity index is 0.951. The van der Waals surface area contributed by atoms with Crippen LogP contribution in [0.4, 0.5) is 11.6 Å². The highest BCUT2D eigenvalue weighted by Gasteiger charge is 2.29. The number of ether oxygens (including phenoxy) is 2. The SMILES string of the molecule is CNCCNCc1cccc(-c2nc(NC3CCOC(c4cc5c(-c6nc(-c7cccc(CNCCNC)c7)nc(NC7CCOCC7)c6C)ccnc5[nH]4)C3)c(C)c(-c3cc4ccccc4s3)n2)c1. The molecular formula is C55H64N12O2S. The lowest BCUT2D eigenvalue weighted by molar-refractivity contribution is 0.00757. The highest BCUT2D eigenvalue weighted by atomic mass is 32.1. The minimum atomic E-state index is -0.193. The smallest absolute Gasteiger partial charge is 0.162 e. The van der Waals surface area contributed by atoms with Gasteiger partial charge in [-0.05, 0) is 107 Å². The normalized spacial score (nSPS) is 16.6. The van der Waals surface area contributed by atoms with E-state index in [1.54, 1.807) is 11.3 Å². The number of aromatic amines is 1. The monoisotopic (exact) mass is 956 g/mol. The molecule has 7 N–H and O–H groups in total. The average Bonchev–Trinajstić information content (AvgIpc) is 4.04. The van der Waals surface area contributed by atoms with Crippen LogP contribution in [0.1, 0.15) is 59.7 Å². The van der Waals surface area contributed by atoms with Crippen molar-refractivity contribution in [3.63, 3.8) is 0 Å². The summed E-state index contributed by atoms with van der Waals surface area (Å²) in [5.41, 5.74) is 11.0. The lowest BCUT2D eigenvalue weighted by Crippen LogP contribution is -2.31. The fourth-order valence-corrected chi connectivity index (χ4v) is 10.6. The average molecular weight is 957 g/mol. The molecule has 2 fully saturated rings. The molecule has 10 rings (SSSR count). The molecule has 0 spiro atoms. The van der Waals surface area contributed by atoms with Crippen LogP contribution in [0.15, 0.2) is 97.2 Å². The predicted molar refractivity (Wildman–Crippen MR) is 284 cm³/mol. The highest BCUT2D eigenvalue weighted by molar-refractivity contribution is 7.22. The van der Waals surface area contributed by atoms with E-state index in [1.165, 1.54) is 21.2 Å². The van der Waals surface area contributed by atoms with E-state index in [0.29, 0.717) is 18.3 Å². The summed E-state index contributed by atoms with van der Waals surface area (Å²) in [6.07, 6.45) is 5.10. The summed E-state index contributed by atoms with van der Waals surface area (Å²) < 4.78 is 13.5. The van der Waals surface area contributed by atoms with Crippen LogP contribution in [0, 0.1) is 13.8 Å². The molecule has 7 heterocycles. The predicted octanol–water partition coefficient (Wildman–Crippen LogP) is 9.18. The van der Waals surface area contributed by atoms with E-state index in [4.69, 9.17) is 34.4 Å². The van der Waals surface area contributed by atoms with Gasteiger partial charge in [-0.15, -0.1) is 11.3 Å². The van der Waals surface area contributed by atoms with Crippen molar-refractivity contribution in [1.82, 2.24) is 51.2 Å². The number of anilines is 2. The number of rotatable bonds is 19. The van der Waals surface area contributed by atoms with Crippen LogP contribution in [0.2, 0.25) is 0 Å². The number of likely N-dealkylation sites (N-methyl/N-ethyl adjacent to an activating group) is 2. The van der Waals surface area contributed by atoms with E-state index in [2.05, 4.69) is 142 Å². The Kier molecular flexibility index (Phi) is 15.1. The topological polar surface area (TPSA) is 171 Å². The van der Waals surface area contributed by atoms with E-state index in [9.17, 15) is 0 Å². The maximum absolute atomic E-state index is 6.58. The van der Waals surface area contributed by atoms with Crippen molar-refractivity contribution in [2.24, 2.45) is 0 Å². The maximum atomic E-state index is 6.58. The van der Waals surface area contributed by atoms with E-state index < -0.39 is 0 Å². The van der Waals surface area contributed by atoms with Crippen molar-refractivity contribution >= 4 is 44.1 Å². The number of hydrogen-bond acceptors (Lipinski definition) is 14. The number of H-pyrrole nitrogens is 1. The van der Waals surface area contributed by atoms with Crippen LogP contribution in [0.25, 0.3) is 65.7 Å². The molecule has 2 atom stereocenters. The Labute approximate surface area is 414 Å². The molecule has 362 valence electrons. The van der Waals surface area contributed by atoms with Gasteiger partial charge in [0, 0.05) is 121 Å². The number of nitrogens with zero attached hydrogens (tertiary/aromatic N) is 5. The number of pyridine rings is 1.